The van der Waals surface area contributed by atoms with E-state index in [1.807, 2.05) is 11.8 Å². The molecule has 1 fully saturated rings. The van der Waals surface area contributed by atoms with Crippen LogP contribution in [-0.4, -0.2) is 29.8 Å². The van der Waals surface area contributed by atoms with E-state index in [4.69, 9.17) is 16.0 Å². The molecule has 3 rings (SSSR count). The Balaban J connectivity index is 1.42. The molecule has 0 unspecified atom stereocenters. The van der Waals surface area contributed by atoms with Crippen LogP contribution in [0, 0.1) is 18.7 Å². The monoisotopic (exact) mass is 392 g/mol. The van der Waals surface area contributed by atoms with Crippen LogP contribution in [0.1, 0.15) is 41.8 Å². The molecule has 5 nitrogen and oxygen atoms in total. The maximum absolute atomic E-state index is 13.1. The van der Waals surface area contributed by atoms with Crippen molar-refractivity contribution in [2.75, 3.05) is 18.4 Å². The fourth-order valence-electron chi connectivity index (χ4n) is 3.29. The number of aryl methyl sites for hydroxylation is 1. The van der Waals surface area contributed by atoms with E-state index in [0.29, 0.717) is 36.9 Å². The highest BCUT2D eigenvalue weighted by Crippen LogP contribution is 2.25. The third-order valence-electron chi connectivity index (χ3n) is 4.94. The van der Waals surface area contributed by atoms with E-state index in [2.05, 4.69) is 5.32 Å². The molecular weight excluding hydrogens is 371 g/mol. The van der Waals surface area contributed by atoms with Gasteiger partial charge in [0.2, 0.25) is 5.91 Å². The summed E-state index contributed by atoms with van der Waals surface area (Å²) in [5.74, 6) is 0.102. The number of furan rings is 1. The van der Waals surface area contributed by atoms with Crippen molar-refractivity contribution >= 4 is 29.1 Å². The molecule has 2 aromatic rings. The van der Waals surface area contributed by atoms with Crippen LogP contribution in [0.4, 0.5) is 10.1 Å². The number of carbonyl (C=O) groups excluding carboxylic acids is 2. The van der Waals surface area contributed by atoms with Crippen LogP contribution in [0.15, 0.2) is 34.9 Å². The summed E-state index contributed by atoms with van der Waals surface area (Å²) in [6, 6.07) is 5.90. The molecule has 2 amide bonds. The number of nitrogens with zero attached hydrogens (tertiary/aromatic N) is 1. The molecule has 0 spiro atoms. The molecule has 0 radical (unpaired) electrons. The van der Waals surface area contributed by atoms with Gasteiger partial charge in [-0.15, -0.1) is 0 Å². The number of hydrogen-bond acceptors (Lipinski definition) is 3. The SMILES string of the molecule is Cc1ccoc1C(=O)N1CCC(CCC(=O)Nc2ccc(F)c(Cl)c2)CC1. The van der Waals surface area contributed by atoms with E-state index in [1.165, 1.54) is 24.5 Å². The number of carbonyl (C=O) groups is 2. The number of halogens is 2. The van der Waals surface area contributed by atoms with Crippen molar-refractivity contribution in [3.05, 3.63) is 52.7 Å². The highest BCUT2D eigenvalue weighted by atomic mass is 35.5. The van der Waals surface area contributed by atoms with E-state index in [1.54, 1.807) is 6.07 Å². The van der Waals surface area contributed by atoms with Gasteiger partial charge in [0.25, 0.3) is 5.91 Å². The van der Waals surface area contributed by atoms with Crippen LogP contribution in [0.3, 0.4) is 0 Å². The maximum Gasteiger partial charge on any atom is 0.289 e. The summed E-state index contributed by atoms with van der Waals surface area (Å²) in [7, 11) is 0. The summed E-state index contributed by atoms with van der Waals surface area (Å²) in [4.78, 5) is 26.3. The topological polar surface area (TPSA) is 62.6 Å². The molecule has 1 N–H and O–H groups in total. The van der Waals surface area contributed by atoms with Gasteiger partial charge in [-0.2, -0.15) is 0 Å². The standard InChI is InChI=1S/C20H22ClFN2O3/c1-13-8-11-27-19(13)20(26)24-9-6-14(7-10-24)2-5-18(25)23-15-3-4-17(22)16(21)12-15/h3-4,8,11-12,14H,2,5-7,9-10H2,1H3,(H,23,25). The zero-order chi connectivity index (χ0) is 19.4. The molecule has 1 aliphatic rings. The summed E-state index contributed by atoms with van der Waals surface area (Å²) in [6.45, 7) is 3.19. The van der Waals surface area contributed by atoms with Crippen molar-refractivity contribution in [2.45, 2.75) is 32.6 Å². The van der Waals surface area contributed by atoms with Crippen LogP contribution >= 0.6 is 11.6 Å². The first-order valence-electron chi connectivity index (χ1n) is 9.02. The Morgan fingerprint density at radius 3 is 2.67 bits per heavy atom. The zero-order valence-corrected chi connectivity index (χ0v) is 15.9. The number of benzene rings is 1. The number of hydrogen-bond donors (Lipinski definition) is 1. The van der Waals surface area contributed by atoms with E-state index < -0.39 is 5.82 Å². The number of nitrogens with one attached hydrogen (secondary N) is 1. The fourth-order valence-corrected chi connectivity index (χ4v) is 3.47. The van der Waals surface area contributed by atoms with Gasteiger partial charge in [-0.3, -0.25) is 9.59 Å². The third kappa shape index (κ3) is 4.89. The minimum Gasteiger partial charge on any atom is -0.459 e. The van der Waals surface area contributed by atoms with Gasteiger partial charge in [-0.05, 0) is 56.4 Å². The van der Waals surface area contributed by atoms with Crippen molar-refractivity contribution in [3.8, 4) is 0 Å². The quantitative estimate of drug-likeness (QED) is 0.805. The first-order chi connectivity index (χ1) is 12.9. The van der Waals surface area contributed by atoms with Gasteiger partial charge >= 0.3 is 0 Å². The molecule has 0 aliphatic carbocycles. The van der Waals surface area contributed by atoms with Crippen molar-refractivity contribution in [1.82, 2.24) is 4.90 Å². The van der Waals surface area contributed by atoms with E-state index in [-0.39, 0.29) is 16.8 Å². The lowest BCUT2D eigenvalue weighted by Crippen LogP contribution is -2.38. The molecule has 7 heteroatoms. The Morgan fingerprint density at radius 2 is 2.04 bits per heavy atom. The second-order valence-electron chi connectivity index (χ2n) is 6.88. The van der Waals surface area contributed by atoms with Crippen LogP contribution in [0.25, 0.3) is 0 Å². The van der Waals surface area contributed by atoms with E-state index >= 15 is 0 Å². The van der Waals surface area contributed by atoms with Gasteiger partial charge in [0.05, 0.1) is 11.3 Å². The van der Waals surface area contributed by atoms with Gasteiger partial charge in [0.15, 0.2) is 5.76 Å². The highest BCUT2D eigenvalue weighted by Gasteiger charge is 2.26. The molecule has 0 saturated carbocycles. The van der Waals surface area contributed by atoms with E-state index in [9.17, 15) is 14.0 Å². The van der Waals surface area contributed by atoms with Crippen molar-refractivity contribution in [3.63, 3.8) is 0 Å². The van der Waals surface area contributed by atoms with Gasteiger partial charge in [0.1, 0.15) is 5.82 Å². The van der Waals surface area contributed by atoms with Gasteiger partial charge in [-0.1, -0.05) is 11.6 Å². The number of anilines is 1. The minimum atomic E-state index is -0.513. The van der Waals surface area contributed by atoms with Crippen molar-refractivity contribution in [1.29, 1.82) is 0 Å². The number of rotatable bonds is 5. The average Bonchev–Trinajstić information content (AvgIpc) is 3.09. The molecule has 144 valence electrons. The summed E-state index contributed by atoms with van der Waals surface area (Å²) in [6.07, 6.45) is 4.39. The fraction of sp³-hybridized carbons (Fsp3) is 0.400. The molecule has 0 bridgehead atoms. The Bertz CT molecular complexity index is 828. The van der Waals surface area contributed by atoms with E-state index in [0.717, 1.165) is 24.8 Å². The zero-order valence-electron chi connectivity index (χ0n) is 15.1. The summed E-state index contributed by atoms with van der Waals surface area (Å²) in [5, 5.41) is 2.72. The number of likely N-dealkylation sites (tertiary alicyclic amines) is 1. The maximum atomic E-state index is 13.1. The second kappa shape index (κ2) is 8.57. The van der Waals surface area contributed by atoms with Crippen LogP contribution in [0.2, 0.25) is 5.02 Å². The van der Waals surface area contributed by atoms with Gasteiger partial charge < -0.3 is 14.6 Å². The summed E-state index contributed by atoms with van der Waals surface area (Å²) in [5.41, 5.74) is 1.33. The highest BCUT2D eigenvalue weighted by molar-refractivity contribution is 6.31. The molecular formula is C20H22ClFN2O3. The Labute approximate surface area is 162 Å². The normalized spacial score (nSPS) is 15.0. The largest absolute Gasteiger partial charge is 0.459 e. The predicted molar refractivity (Wildman–Crippen MR) is 101 cm³/mol. The average molecular weight is 393 g/mol. The predicted octanol–water partition coefficient (Wildman–Crippen LogP) is 4.65. The van der Waals surface area contributed by atoms with Gasteiger partial charge in [-0.25, -0.2) is 4.39 Å². The Kier molecular flexibility index (Phi) is 6.16. The molecule has 27 heavy (non-hydrogen) atoms. The number of piperidine rings is 1. The molecule has 2 heterocycles. The number of amides is 2. The first kappa shape index (κ1) is 19.4. The molecule has 1 aliphatic heterocycles. The lowest BCUT2D eigenvalue weighted by molar-refractivity contribution is -0.116. The summed E-state index contributed by atoms with van der Waals surface area (Å²) >= 11 is 5.72. The lowest BCUT2D eigenvalue weighted by atomic mass is 9.92. The summed E-state index contributed by atoms with van der Waals surface area (Å²) < 4.78 is 18.4. The molecule has 0 atom stereocenters. The minimum absolute atomic E-state index is 0.0170. The smallest absolute Gasteiger partial charge is 0.289 e. The van der Waals surface area contributed by atoms with Crippen molar-refractivity contribution < 1.29 is 18.4 Å². The first-order valence-corrected chi connectivity index (χ1v) is 9.40. The lowest BCUT2D eigenvalue weighted by Gasteiger charge is -2.31. The second-order valence-corrected chi connectivity index (χ2v) is 7.29. The van der Waals surface area contributed by atoms with Gasteiger partial charge in [0, 0.05) is 30.8 Å². The molecule has 1 aromatic heterocycles. The van der Waals surface area contributed by atoms with Crippen LogP contribution < -0.4 is 5.32 Å². The van der Waals surface area contributed by atoms with Crippen molar-refractivity contribution in [2.24, 2.45) is 5.92 Å². The molecule has 1 saturated heterocycles. The van der Waals surface area contributed by atoms with Crippen LogP contribution in [0.5, 0.6) is 0 Å². The third-order valence-corrected chi connectivity index (χ3v) is 5.23. The Hall–Kier alpha value is -2.34. The molecule has 1 aromatic carbocycles. The van der Waals surface area contributed by atoms with Crippen LogP contribution in [-0.2, 0) is 4.79 Å². The Morgan fingerprint density at radius 1 is 1.30 bits per heavy atom.